The van der Waals surface area contributed by atoms with Crippen molar-refractivity contribution in [3.63, 3.8) is 0 Å². The van der Waals surface area contributed by atoms with Gasteiger partial charge in [0.25, 0.3) is 0 Å². The van der Waals surface area contributed by atoms with E-state index in [1.807, 2.05) is 13.0 Å². The van der Waals surface area contributed by atoms with Crippen LogP contribution in [0.1, 0.15) is 29.8 Å². The number of carbonyl (C=O) groups is 1. The molecule has 0 saturated carbocycles. The summed E-state index contributed by atoms with van der Waals surface area (Å²) in [6.45, 7) is 1.90. The molecule has 0 aliphatic heterocycles. The molecule has 0 unspecified atom stereocenters. The Balaban J connectivity index is 1.64. The van der Waals surface area contributed by atoms with E-state index in [-0.39, 0.29) is 24.7 Å². The van der Waals surface area contributed by atoms with Gasteiger partial charge in [-0.3, -0.25) is 4.79 Å². The molecule has 4 rings (SSSR count). The number of aromatic nitrogens is 6. The number of ether oxygens (including phenoxy) is 1. The number of rotatable bonds is 6. The number of nitrogens with zero attached hydrogens (tertiary/aromatic N) is 6. The highest BCUT2D eigenvalue weighted by Crippen LogP contribution is 2.24. The van der Waals surface area contributed by atoms with E-state index in [1.165, 1.54) is 6.33 Å². The fraction of sp³-hybridized carbons (Fsp3) is 0.278. The summed E-state index contributed by atoms with van der Waals surface area (Å²) >= 11 is 9.49. The molecule has 10 heteroatoms. The van der Waals surface area contributed by atoms with Crippen molar-refractivity contribution in [3.8, 4) is 0 Å². The third kappa shape index (κ3) is 3.52. The molecule has 0 amide bonds. The van der Waals surface area contributed by atoms with E-state index in [4.69, 9.17) is 16.3 Å². The molecule has 0 radical (unpaired) electrons. The molecule has 144 valence electrons. The average Bonchev–Trinajstić information content (AvgIpc) is 3.26. The fourth-order valence-corrected chi connectivity index (χ4v) is 3.93. The van der Waals surface area contributed by atoms with Crippen LogP contribution in [0.15, 0.2) is 35.3 Å². The summed E-state index contributed by atoms with van der Waals surface area (Å²) < 4.78 is 9.55. The van der Waals surface area contributed by atoms with E-state index in [0.29, 0.717) is 16.4 Å². The lowest BCUT2D eigenvalue weighted by atomic mass is 10.0. The van der Waals surface area contributed by atoms with Gasteiger partial charge in [0.2, 0.25) is 0 Å². The molecule has 28 heavy (non-hydrogen) atoms. The normalized spacial score (nSPS) is 12.7. The molecule has 4 heterocycles. The molecular formula is C18H16BrClN6O2. The minimum absolute atomic E-state index is 0.0373. The van der Waals surface area contributed by atoms with Gasteiger partial charge in [0.15, 0.2) is 16.4 Å². The number of fused-ring (bicyclic) bond motifs is 2. The van der Waals surface area contributed by atoms with Crippen LogP contribution in [0.2, 0.25) is 5.15 Å². The second kappa shape index (κ2) is 7.57. The summed E-state index contributed by atoms with van der Waals surface area (Å²) in [6.07, 6.45) is 5.15. The van der Waals surface area contributed by atoms with Crippen molar-refractivity contribution < 1.29 is 9.53 Å². The Morgan fingerprint density at radius 3 is 2.93 bits per heavy atom. The van der Waals surface area contributed by atoms with Crippen LogP contribution in [0.3, 0.4) is 0 Å². The molecular weight excluding hydrogens is 448 g/mol. The summed E-state index contributed by atoms with van der Waals surface area (Å²) in [5, 5.41) is 8.75. The minimum Gasteiger partial charge on any atom is -0.375 e. The predicted molar refractivity (Wildman–Crippen MR) is 107 cm³/mol. The van der Waals surface area contributed by atoms with Gasteiger partial charge in [0.05, 0.1) is 16.3 Å². The first-order chi connectivity index (χ1) is 13.5. The predicted octanol–water partition coefficient (Wildman–Crippen LogP) is 3.25. The highest BCUT2D eigenvalue weighted by molar-refractivity contribution is 9.10. The molecule has 8 nitrogen and oxygen atoms in total. The lowest BCUT2D eigenvalue weighted by Gasteiger charge is -2.16. The van der Waals surface area contributed by atoms with Crippen LogP contribution in [0, 0.1) is 0 Å². The lowest BCUT2D eigenvalue weighted by molar-refractivity contribution is -0.117. The first-order valence-electron chi connectivity index (χ1n) is 8.51. The van der Waals surface area contributed by atoms with Gasteiger partial charge in [-0.15, -0.1) is 0 Å². The number of halogens is 2. The highest BCUT2D eigenvalue weighted by Gasteiger charge is 2.19. The van der Waals surface area contributed by atoms with Gasteiger partial charge in [0.1, 0.15) is 12.1 Å². The van der Waals surface area contributed by atoms with E-state index in [9.17, 15) is 4.79 Å². The quantitative estimate of drug-likeness (QED) is 0.436. The second-order valence-electron chi connectivity index (χ2n) is 6.40. The Morgan fingerprint density at radius 1 is 1.32 bits per heavy atom. The van der Waals surface area contributed by atoms with Crippen LogP contribution < -0.4 is 0 Å². The topological polar surface area (TPSA) is 86.7 Å². The maximum Gasteiger partial charge on any atom is 0.169 e. The smallest absolute Gasteiger partial charge is 0.169 e. The fourth-order valence-electron chi connectivity index (χ4n) is 3.18. The van der Waals surface area contributed by atoms with Crippen molar-refractivity contribution in [2.45, 2.75) is 25.9 Å². The van der Waals surface area contributed by atoms with Crippen LogP contribution >= 0.6 is 27.5 Å². The van der Waals surface area contributed by atoms with Crippen molar-refractivity contribution >= 4 is 44.6 Å². The van der Waals surface area contributed by atoms with Gasteiger partial charge in [-0.05, 0) is 34.5 Å². The Kier molecular flexibility index (Phi) is 5.13. The molecule has 0 N–H and O–H groups in total. The largest absolute Gasteiger partial charge is 0.375 e. The van der Waals surface area contributed by atoms with Gasteiger partial charge in [-0.25, -0.2) is 19.0 Å². The molecule has 1 atom stereocenters. The Bertz CT molecular complexity index is 1190. The third-order valence-corrected chi connectivity index (χ3v) is 5.25. The first kappa shape index (κ1) is 19.0. The number of methoxy groups -OCH3 is 1. The molecule has 0 aliphatic rings. The van der Waals surface area contributed by atoms with Gasteiger partial charge in [-0.2, -0.15) is 10.2 Å². The molecule has 0 fully saturated rings. The van der Waals surface area contributed by atoms with Crippen LogP contribution in [-0.2, 0) is 22.4 Å². The summed E-state index contributed by atoms with van der Waals surface area (Å²) in [5.41, 5.74) is 3.68. The summed E-state index contributed by atoms with van der Waals surface area (Å²) in [5.74, 6) is 0.0373. The number of Topliss-reactive ketones (excluding diaryl/α,β-unsaturated/α-hetero) is 1. The third-order valence-electron chi connectivity index (χ3n) is 4.49. The number of ketones is 1. The van der Waals surface area contributed by atoms with E-state index >= 15 is 0 Å². The van der Waals surface area contributed by atoms with Gasteiger partial charge in [-0.1, -0.05) is 11.6 Å². The summed E-state index contributed by atoms with van der Waals surface area (Å²) in [6, 6.07) is 3.55. The molecule has 4 aromatic rings. The van der Waals surface area contributed by atoms with Crippen molar-refractivity contribution in [3.05, 3.63) is 57.3 Å². The Morgan fingerprint density at radius 2 is 2.14 bits per heavy atom. The molecule has 0 spiro atoms. The average molecular weight is 464 g/mol. The SMILES string of the molecule is CO[C@@H](C)c1c(CC(=O)Cc2cc(Br)c3ncnn3c2)cnc2cc(Cl)nn12. The van der Waals surface area contributed by atoms with E-state index in [2.05, 4.69) is 36.1 Å². The molecule has 0 aromatic carbocycles. The molecule has 4 aromatic heterocycles. The van der Waals surface area contributed by atoms with Gasteiger partial charge >= 0.3 is 0 Å². The highest BCUT2D eigenvalue weighted by atomic mass is 79.9. The van der Waals surface area contributed by atoms with Crippen molar-refractivity contribution in [1.29, 1.82) is 0 Å². The van der Waals surface area contributed by atoms with E-state index < -0.39 is 0 Å². The standard InChI is InChI=1S/C18H16BrClN6O2/c1-10(28-2)17-12(7-21-16-6-15(20)24-26(16)17)5-13(27)3-11-4-14(19)18-22-9-23-25(18)8-11/h4,6-10H,3,5H2,1-2H3/t10-/m0/s1. The minimum atomic E-state index is -0.273. The van der Waals surface area contributed by atoms with Crippen molar-refractivity contribution in [2.75, 3.05) is 7.11 Å². The zero-order valence-corrected chi connectivity index (χ0v) is 17.5. The van der Waals surface area contributed by atoms with Gasteiger partial charge in [0, 0.05) is 44.0 Å². The van der Waals surface area contributed by atoms with Crippen molar-refractivity contribution in [1.82, 2.24) is 29.2 Å². The molecule has 0 bridgehead atoms. The summed E-state index contributed by atoms with van der Waals surface area (Å²) in [4.78, 5) is 21.3. The summed E-state index contributed by atoms with van der Waals surface area (Å²) in [7, 11) is 1.61. The van der Waals surface area contributed by atoms with Crippen LogP contribution in [0.5, 0.6) is 0 Å². The van der Waals surface area contributed by atoms with Crippen LogP contribution in [0.4, 0.5) is 0 Å². The van der Waals surface area contributed by atoms with E-state index in [0.717, 1.165) is 21.3 Å². The van der Waals surface area contributed by atoms with Gasteiger partial charge < -0.3 is 4.74 Å². The monoisotopic (exact) mass is 462 g/mol. The maximum absolute atomic E-state index is 12.8. The number of carbonyl (C=O) groups excluding carboxylic acids is 1. The van der Waals surface area contributed by atoms with E-state index in [1.54, 1.807) is 34.6 Å². The molecule has 0 saturated heterocycles. The number of hydrogen-bond acceptors (Lipinski definition) is 6. The number of hydrogen-bond donors (Lipinski definition) is 0. The van der Waals surface area contributed by atoms with Crippen LogP contribution in [-0.4, -0.2) is 42.1 Å². The zero-order chi connectivity index (χ0) is 19.8. The second-order valence-corrected chi connectivity index (χ2v) is 7.64. The lowest BCUT2D eigenvalue weighted by Crippen LogP contribution is -2.15. The maximum atomic E-state index is 12.8. The molecule has 0 aliphatic carbocycles. The Hall–Kier alpha value is -2.36. The van der Waals surface area contributed by atoms with Crippen LogP contribution in [0.25, 0.3) is 11.3 Å². The Labute approximate surface area is 173 Å². The first-order valence-corrected chi connectivity index (χ1v) is 9.68. The van der Waals surface area contributed by atoms with Crippen molar-refractivity contribution in [2.24, 2.45) is 0 Å². The zero-order valence-electron chi connectivity index (χ0n) is 15.1. The number of pyridine rings is 1.